The van der Waals surface area contributed by atoms with Crippen molar-refractivity contribution in [2.45, 2.75) is 181 Å². The molecule has 0 fully saturated rings. The summed E-state index contributed by atoms with van der Waals surface area (Å²) in [7, 11) is 0. The summed E-state index contributed by atoms with van der Waals surface area (Å²) in [4.78, 5) is 200. The summed E-state index contributed by atoms with van der Waals surface area (Å²) in [6, 6.07) is 12.5. The van der Waals surface area contributed by atoms with E-state index >= 15 is 4.79 Å². The number of carbonyl (C=O) groups is 14. The van der Waals surface area contributed by atoms with Crippen LogP contribution in [0.3, 0.4) is 0 Å². The predicted octanol–water partition coefficient (Wildman–Crippen LogP) is -4.24. The number of hydrogen-bond acceptors (Lipinski definition) is 23. The third-order valence-electron chi connectivity index (χ3n) is 18.3. The van der Waals surface area contributed by atoms with E-state index in [9.17, 15) is 82.8 Å². The number of rotatable bonds is 48. The number of carboxylic acid groups (broad SMARTS) is 1. The van der Waals surface area contributed by atoms with Crippen LogP contribution in [-0.2, 0) is 85.5 Å². The number of para-hydroxylation sites is 2. The molecule has 0 radical (unpaired) electrons. The van der Waals surface area contributed by atoms with Crippen molar-refractivity contribution < 1.29 is 87.5 Å². The van der Waals surface area contributed by atoms with E-state index in [2.05, 4.69) is 88.7 Å². The van der Waals surface area contributed by atoms with Gasteiger partial charge >= 0.3 is 5.97 Å². The second-order valence-corrected chi connectivity index (χ2v) is 28.0. The number of aliphatic carboxylic acids is 1. The average Bonchev–Trinajstić information content (AvgIpc) is 1.13. The van der Waals surface area contributed by atoms with Crippen LogP contribution in [0.25, 0.3) is 10.9 Å². The number of aromatic amines is 1. The predicted molar refractivity (Wildman–Crippen MR) is 424 cm³/mol. The van der Waals surface area contributed by atoms with Gasteiger partial charge in [-0.25, -0.2) is 4.79 Å². The molecule has 38 heteroatoms. The van der Waals surface area contributed by atoms with Crippen molar-refractivity contribution >= 4 is 125 Å². The van der Waals surface area contributed by atoms with Crippen LogP contribution < -0.4 is 92.1 Å². The third kappa shape index (κ3) is 27.1. The van der Waals surface area contributed by atoms with Crippen LogP contribution in [0.5, 0.6) is 0 Å². The lowest BCUT2D eigenvalue weighted by molar-refractivity contribution is -0.146. The zero-order valence-corrected chi connectivity index (χ0v) is 65.0. The summed E-state index contributed by atoms with van der Waals surface area (Å²) in [5.74, 6) is -15.0. The van der Waals surface area contributed by atoms with E-state index in [1.165, 1.54) is 43.3 Å². The standard InChI is InChI=1S/C75H106N18O18S2/c1-41(82-67(103)55(36-59(80)97)89-65(101)51(28-16-18-31-76)86-70(106)57(40-112)84-60(98)37-79)63(99)87-53(34-45-20-8-5-9-21-45)68(104)88-54(35-46-38-81-50-27-15-14-26-49(46)50)69(105)85-52(29-17-19-32-77)66(102)92-61(43(3)95)71(107)83-42(2)64(100)91-62(44(4)96)72(108)90-56(39-94)73(109)93(48-24-12-7-13-25-48)75(74(110)111,58(113)30-33-78)47-22-10-6-11-23-47/h5-15,20-27,38,41-44,51-58,61-62,81,94-96,112-113H,16-19,28-37,39-40,76-79H2,1-4H3,(H2,80,97)(H,82,103)(H,83,107)(H,84,98)(H,85,105)(H,86,106)(H,87,99)(H,88,104)(H,89,101)(H,90,108)(H,91,100)(H,92,102)(H,110,111)/t41-,42-,43+,44+,51-,52-,53-,54-,55-,56-,57-,58?,61-,62-,75-/m0/s1. The van der Waals surface area contributed by atoms with Crippen LogP contribution >= 0.6 is 25.3 Å². The van der Waals surface area contributed by atoms with E-state index in [0.717, 1.165) is 25.7 Å². The average molecular weight is 1610 g/mol. The minimum absolute atomic E-state index is 0.00867. The van der Waals surface area contributed by atoms with Gasteiger partial charge in [-0.3, -0.25) is 67.2 Å². The van der Waals surface area contributed by atoms with E-state index in [-0.39, 0.29) is 75.2 Å². The number of nitrogens with two attached hydrogens (primary N) is 5. The number of carbonyl (C=O) groups excluding carboxylic acids is 13. The van der Waals surface area contributed by atoms with Crippen molar-refractivity contribution in [3.8, 4) is 0 Å². The zero-order chi connectivity index (χ0) is 83.6. The van der Waals surface area contributed by atoms with E-state index in [1.54, 1.807) is 85.1 Å². The maximum Gasteiger partial charge on any atom is 0.335 e. The van der Waals surface area contributed by atoms with E-state index in [0.29, 0.717) is 41.3 Å². The Bertz CT molecular complexity index is 4040. The number of aliphatic hydroxyl groups excluding tert-OH is 3. The molecule has 4 aromatic carbocycles. The quantitative estimate of drug-likeness (QED) is 0.0130. The molecular formula is C75H106N18O18S2. The van der Waals surface area contributed by atoms with Crippen molar-refractivity contribution in [2.24, 2.45) is 28.7 Å². The largest absolute Gasteiger partial charge is 0.479 e. The van der Waals surface area contributed by atoms with Crippen LogP contribution in [0, 0.1) is 0 Å². The summed E-state index contributed by atoms with van der Waals surface area (Å²) in [5, 5.41) is 70.7. The van der Waals surface area contributed by atoms with Crippen molar-refractivity contribution in [3.63, 3.8) is 0 Å². The van der Waals surface area contributed by atoms with Crippen LogP contribution in [0.4, 0.5) is 5.69 Å². The lowest BCUT2D eigenvalue weighted by Gasteiger charge is -2.45. The van der Waals surface area contributed by atoms with Gasteiger partial charge in [0.1, 0.15) is 66.5 Å². The minimum atomic E-state index is -2.34. The van der Waals surface area contributed by atoms with Crippen LogP contribution in [0.2, 0.25) is 0 Å². The number of fused-ring (bicyclic) bond motifs is 1. The normalized spacial score (nSPS) is 15.5. The fraction of sp³-hybridized carbons (Fsp3) is 0.467. The molecule has 26 N–H and O–H groups in total. The maximum absolute atomic E-state index is 15.0. The van der Waals surface area contributed by atoms with Gasteiger partial charge in [-0.1, -0.05) is 97.1 Å². The van der Waals surface area contributed by atoms with E-state index in [4.69, 9.17) is 28.7 Å². The third-order valence-corrected chi connectivity index (χ3v) is 19.3. The molecule has 616 valence electrons. The Balaban J connectivity index is 1.38. The zero-order valence-electron chi connectivity index (χ0n) is 63.2. The Hall–Kier alpha value is -10.6. The van der Waals surface area contributed by atoms with Crippen molar-refractivity contribution in [3.05, 3.63) is 138 Å². The van der Waals surface area contributed by atoms with Crippen molar-refractivity contribution in [2.75, 3.05) is 43.4 Å². The number of primary amides is 1. The molecule has 0 saturated carbocycles. The SMILES string of the molecule is C[C@H](NC(=O)[C@H](CC(N)=O)NC(=O)[C@H](CCCCN)NC(=O)[C@H](CS)NC(=O)CN)C(=O)N[C@@H](Cc1ccccc1)C(=O)N[C@@H](Cc1c[nH]c2ccccc12)C(=O)N[C@@H](CCCCN)C(=O)N[C@H](C(=O)N[C@@H](C)C(=O)N[C@H](C(=O)N[C@@H](CO)C(=O)N(c1ccccc1)[C@@](C(=O)O)(c1ccccc1)C(S)CCN)[C@@H](C)O)[C@@H](C)O. The molecule has 1 heterocycles. The molecule has 113 heavy (non-hydrogen) atoms. The maximum atomic E-state index is 15.0. The first-order chi connectivity index (χ1) is 53.8. The molecule has 0 spiro atoms. The van der Waals surface area contributed by atoms with Crippen molar-refractivity contribution in [1.82, 2.24) is 63.5 Å². The molecule has 36 nitrogen and oxygen atoms in total. The number of amides is 13. The monoisotopic (exact) mass is 1610 g/mol. The highest BCUT2D eigenvalue weighted by Crippen LogP contribution is 2.41. The summed E-state index contributed by atoms with van der Waals surface area (Å²) >= 11 is 8.81. The molecule has 15 atom stereocenters. The molecule has 0 saturated heterocycles. The molecule has 0 aliphatic heterocycles. The van der Waals surface area contributed by atoms with Gasteiger partial charge < -0.3 is 113 Å². The van der Waals surface area contributed by atoms with Gasteiger partial charge in [0.05, 0.1) is 31.8 Å². The molecule has 0 aliphatic rings. The highest BCUT2D eigenvalue weighted by atomic mass is 32.1. The van der Waals surface area contributed by atoms with Gasteiger partial charge in [0.25, 0.3) is 5.91 Å². The van der Waals surface area contributed by atoms with Gasteiger partial charge in [-0.05, 0) is 127 Å². The Labute approximate surface area is 664 Å². The summed E-state index contributed by atoms with van der Waals surface area (Å²) in [6.07, 6.45) is -2.17. The lowest BCUT2D eigenvalue weighted by Crippen LogP contribution is -2.66. The second kappa shape index (κ2) is 46.4. The molecule has 1 aromatic heterocycles. The number of nitrogens with zero attached hydrogens (tertiary/aromatic N) is 1. The van der Waals surface area contributed by atoms with Crippen LogP contribution in [0.1, 0.15) is 95.8 Å². The number of thiol groups is 2. The second-order valence-electron chi connectivity index (χ2n) is 27.0. The van der Waals surface area contributed by atoms with Gasteiger partial charge in [0.2, 0.25) is 70.9 Å². The molecule has 5 rings (SSSR count). The Morgan fingerprint density at radius 3 is 1.42 bits per heavy atom. The van der Waals surface area contributed by atoms with Gasteiger partial charge in [0.15, 0.2) is 5.54 Å². The lowest BCUT2D eigenvalue weighted by atomic mass is 9.81. The number of hydrogen-bond donors (Lipinski definition) is 23. The number of H-pyrrole nitrogens is 1. The highest BCUT2D eigenvalue weighted by Gasteiger charge is 2.55. The van der Waals surface area contributed by atoms with Crippen LogP contribution in [0.15, 0.2) is 121 Å². The highest BCUT2D eigenvalue weighted by molar-refractivity contribution is 7.81. The Morgan fingerprint density at radius 2 is 0.912 bits per heavy atom. The number of unbranched alkanes of at least 4 members (excludes halogenated alkanes) is 2. The first kappa shape index (κ1) is 93.0. The van der Waals surface area contributed by atoms with Crippen molar-refractivity contribution in [1.29, 1.82) is 0 Å². The summed E-state index contributed by atoms with van der Waals surface area (Å²) in [6.45, 7) is 3.32. The van der Waals surface area contributed by atoms with Gasteiger partial charge in [-0.2, -0.15) is 25.3 Å². The number of carboxylic acids is 1. The molecule has 0 aliphatic carbocycles. The van der Waals surface area contributed by atoms with Gasteiger partial charge in [0, 0.05) is 46.6 Å². The number of aromatic nitrogens is 1. The fourth-order valence-electron chi connectivity index (χ4n) is 12.2. The molecule has 1 unspecified atom stereocenters. The molecule has 5 aromatic rings. The van der Waals surface area contributed by atoms with E-state index < -0.39 is 192 Å². The number of nitrogens with one attached hydrogen (secondary N) is 12. The fourth-order valence-corrected chi connectivity index (χ4v) is 13.0. The first-order valence-electron chi connectivity index (χ1n) is 36.8. The minimum Gasteiger partial charge on any atom is -0.479 e. The number of benzene rings is 4. The van der Waals surface area contributed by atoms with Crippen LogP contribution in [-0.4, -0.2) is 231 Å². The van der Waals surface area contributed by atoms with Gasteiger partial charge in [-0.15, -0.1) is 0 Å². The topological polar surface area (TPSA) is 601 Å². The summed E-state index contributed by atoms with van der Waals surface area (Å²) < 4.78 is 0. The Morgan fingerprint density at radius 1 is 0.478 bits per heavy atom. The van der Waals surface area contributed by atoms with E-state index in [1.807, 2.05) is 0 Å². The number of anilines is 1. The molecule has 13 amide bonds. The summed E-state index contributed by atoms with van der Waals surface area (Å²) in [5.41, 5.74) is 27.8. The smallest absolute Gasteiger partial charge is 0.335 e. The Kier molecular flexibility index (Phi) is 38.2. The first-order valence-corrected chi connectivity index (χ1v) is 37.9. The number of aliphatic hydroxyl groups is 3. The molecular weight excluding hydrogens is 1510 g/mol. The molecule has 0 bridgehead atoms.